The number of carboxylic acid groups (broad SMARTS) is 1. The maximum atomic E-state index is 10.4. The molecule has 0 aromatic carbocycles. The van der Waals surface area contributed by atoms with Crippen molar-refractivity contribution in [3.63, 3.8) is 0 Å². The molecule has 0 aromatic rings. The number of hydrogen-bond donors (Lipinski definition) is 2. The number of rotatable bonds is 7. The highest BCUT2D eigenvalue weighted by Crippen LogP contribution is 2.48. The first-order valence-corrected chi connectivity index (χ1v) is 6.27. The van der Waals surface area contributed by atoms with Gasteiger partial charge in [-0.05, 0) is 56.9 Å². The maximum Gasteiger partial charge on any atom is 0.328 e. The standard InChI is InChI=1S/C13H21NO2/c1-9(6-13(15)16)7-14-8-12(10-2-3-10)11-4-5-11/h6,10-12,14H,2-5,7-8H2,1H3,(H,15,16). The first kappa shape index (κ1) is 11.6. The fourth-order valence-corrected chi connectivity index (χ4v) is 2.46. The van der Waals surface area contributed by atoms with E-state index in [1.54, 1.807) is 0 Å². The summed E-state index contributed by atoms with van der Waals surface area (Å²) in [6.07, 6.45) is 6.93. The second kappa shape index (κ2) is 5.00. The van der Waals surface area contributed by atoms with Gasteiger partial charge in [-0.2, -0.15) is 0 Å². The molecule has 0 heterocycles. The van der Waals surface area contributed by atoms with Crippen molar-refractivity contribution in [2.24, 2.45) is 17.8 Å². The Morgan fingerprint density at radius 1 is 1.38 bits per heavy atom. The van der Waals surface area contributed by atoms with E-state index in [2.05, 4.69) is 5.32 Å². The maximum absolute atomic E-state index is 10.4. The minimum absolute atomic E-state index is 0.711. The Morgan fingerprint density at radius 3 is 2.38 bits per heavy atom. The van der Waals surface area contributed by atoms with Crippen LogP contribution in [-0.4, -0.2) is 24.2 Å². The molecule has 0 unspecified atom stereocenters. The van der Waals surface area contributed by atoms with E-state index >= 15 is 0 Å². The van der Waals surface area contributed by atoms with E-state index in [9.17, 15) is 4.79 Å². The molecule has 0 bridgehead atoms. The second-order valence-corrected chi connectivity index (χ2v) is 5.30. The molecular weight excluding hydrogens is 202 g/mol. The molecule has 2 rings (SSSR count). The van der Waals surface area contributed by atoms with E-state index < -0.39 is 5.97 Å². The number of nitrogens with one attached hydrogen (secondary N) is 1. The topological polar surface area (TPSA) is 49.3 Å². The quantitative estimate of drug-likeness (QED) is 0.649. The predicted molar refractivity (Wildman–Crippen MR) is 63.2 cm³/mol. The van der Waals surface area contributed by atoms with Gasteiger partial charge in [-0.3, -0.25) is 0 Å². The largest absolute Gasteiger partial charge is 0.478 e. The lowest BCUT2D eigenvalue weighted by atomic mass is 9.98. The van der Waals surface area contributed by atoms with Gasteiger partial charge in [0.2, 0.25) is 0 Å². The zero-order chi connectivity index (χ0) is 11.5. The average molecular weight is 223 g/mol. The summed E-state index contributed by atoms with van der Waals surface area (Å²) < 4.78 is 0. The molecular formula is C13H21NO2. The SMILES string of the molecule is CC(=CC(=O)O)CNCC(C1CC1)C1CC1. The molecule has 0 saturated heterocycles. The van der Waals surface area contributed by atoms with Crippen LogP contribution in [-0.2, 0) is 4.79 Å². The fourth-order valence-electron chi connectivity index (χ4n) is 2.46. The molecule has 2 fully saturated rings. The van der Waals surface area contributed by atoms with Crippen LogP contribution >= 0.6 is 0 Å². The van der Waals surface area contributed by atoms with Crippen molar-refractivity contribution in [2.75, 3.05) is 13.1 Å². The average Bonchev–Trinajstić information content (AvgIpc) is 3.02. The Bertz CT molecular complexity index is 278. The van der Waals surface area contributed by atoms with Crippen LogP contribution in [0.15, 0.2) is 11.6 Å². The van der Waals surface area contributed by atoms with Gasteiger partial charge in [-0.15, -0.1) is 0 Å². The molecule has 0 atom stereocenters. The normalized spacial score (nSPS) is 21.5. The monoisotopic (exact) mass is 223 g/mol. The van der Waals surface area contributed by atoms with Crippen LogP contribution in [0.2, 0.25) is 0 Å². The lowest BCUT2D eigenvalue weighted by molar-refractivity contribution is -0.131. The fraction of sp³-hybridized carbons (Fsp3) is 0.769. The highest BCUT2D eigenvalue weighted by Gasteiger charge is 2.40. The molecule has 3 nitrogen and oxygen atoms in total. The highest BCUT2D eigenvalue weighted by atomic mass is 16.4. The number of carbonyl (C=O) groups is 1. The Hall–Kier alpha value is -0.830. The van der Waals surface area contributed by atoms with Crippen LogP contribution in [0, 0.1) is 17.8 Å². The third kappa shape index (κ3) is 3.63. The van der Waals surface area contributed by atoms with Crippen LogP contribution in [0.25, 0.3) is 0 Å². The summed E-state index contributed by atoms with van der Waals surface area (Å²) in [6.45, 7) is 3.65. The van der Waals surface area contributed by atoms with Gasteiger partial charge in [-0.25, -0.2) is 4.79 Å². The molecule has 2 N–H and O–H groups in total. The Kier molecular flexibility index (Phi) is 3.64. The second-order valence-electron chi connectivity index (χ2n) is 5.30. The summed E-state index contributed by atoms with van der Waals surface area (Å²) in [5.74, 6) is 1.94. The molecule has 2 aliphatic rings. The summed E-state index contributed by atoms with van der Waals surface area (Å²) >= 11 is 0. The molecule has 0 aromatic heterocycles. The van der Waals surface area contributed by atoms with E-state index in [0.717, 1.165) is 29.9 Å². The molecule has 0 amide bonds. The van der Waals surface area contributed by atoms with Crippen LogP contribution in [0.3, 0.4) is 0 Å². The Labute approximate surface area is 96.9 Å². The number of aliphatic carboxylic acids is 1. The third-order valence-corrected chi connectivity index (χ3v) is 3.61. The van der Waals surface area contributed by atoms with Gasteiger partial charge < -0.3 is 10.4 Å². The summed E-state index contributed by atoms with van der Waals surface area (Å²) in [4.78, 5) is 10.4. The van der Waals surface area contributed by atoms with Crippen molar-refractivity contribution in [1.82, 2.24) is 5.32 Å². The van der Waals surface area contributed by atoms with Gasteiger partial charge in [0.1, 0.15) is 0 Å². The third-order valence-electron chi connectivity index (χ3n) is 3.61. The smallest absolute Gasteiger partial charge is 0.328 e. The minimum atomic E-state index is -0.847. The van der Waals surface area contributed by atoms with Crippen LogP contribution in [0.5, 0.6) is 0 Å². The van der Waals surface area contributed by atoms with E-state index in [1.807, 2.05) is 6.92 Å². The first-order valence-electron chi connectivity index (χ1n) is 6.27. The summed E-state index contributed by atoms with van der Waals surface area (Å²) in [5, 5.41) is 12.0. The van der Waals surface area contributed by atoms with Crippen molar-refractivity contribution in [1.29, 1.82) is 0 Å². The minimum Gasteiger partial charge on any atom is -0.478 e. The van der Waals surface area contributed by atoms with Crippen molar-refractivity contribution in [2.45, 2.75) is 32.6 Å². The first-order chi connectivity index (χ1) is 7.66. The van der Waals surface area contributed by atoms with E-state index in [1.165, 1.54) is 31.8 Å². The van der Waals surface area contributed by atoms with E-state index in [0.29, 0.717) is 6.54 Å². The summed E-state index contributed by atoms with van der Waals surface area (Å²) in [6, 6.07) is 0. The van der Waals surface area contributed by atoms with Crippen molar-refractivity contribution >= 4 is 5.97 Å². The zero-order valence-corrected chi connectivity index (χ0v) is 9.91. The zero-order valence-electron chi connectivity index (χ0n) is 9.91. The summed E-state index contributed by atoms with van der Waals surface area (Å²) in [5.41, 5.74) is 0.901. The van der Waals surface area contributed by atoms with Crippen LogP contribution < -0.4 is 5.32 Å². The molecule has 16 heavy (non-hydrogen) atoms. The summed E-state index contributed by atoms with van der Waals surface area (Å²) in [7, 11) is 0. The molecule has 3 heteroatoms. The lowest BCUT2D eigenvalue weighted by Gasteiger charge is -2.16. The number of carboxylic acids is 1. The molecule has 0 aliphatic heterocycles. The highest BCUT2D eigenvalue weighted by molar-refractivity contribution is 5.80. The lowest BCUT2D eigenvalue weighted by Crippen LogP contribution is -2.27. The van der Waals surface area contributed by atoms with Crippen molar-refractivity contribution < 1.29 is 9.90 Å². The molecule has 2 saturated carbocycles. The molecule has 90 valence electrons. The van der Waals surface area contributed by atoms with Crippen LogP contribution in [0.1, 0.15) is 32.6 Å². The molecule has 2 aliphatic carbocycles. The van der Waals surface area contributed by atoms with Crippen molar-refractivity contribution in [3.8, 4) is 0 Å². The van der Waals surface area contributed by atoms with Gasteiger partial charge in [-0.1, -0.05) is 5.57 Å². The Balaban J connectivity index is 1.67. The number of hydrogen-bond acceptors (Lipinski definition) is 2. The molecule has 0 radical (unpaired) electrons. The van der Waals surface area contributed by atoms with Gasteiger partial charge in [0.15, 0.2) is 0 Å². The van der Waals surface area contributed by atoms with Gasteiger partial charge in [0.05, 0.1) is 0 Å². The molecule has 0 spiro atoms. The van der Waals surface area contributed by atoms with Gasteiger partial charge in [0.25, 0.3) is 0 Å². The van der Waals surface area contributed by atoms with Crippen molar-refractivity contribution in [3.05, 3.63) is 11.6 Å². The van der Waals surface area contributed by atoms with Gasteiger partial charge >= 0.3 is 5.97 Å². The van der Waals surface area contributed by atoms with Crippen LogP contribution in [0.4, 0.5) is 0 Å². The Morgan fingerprint density at radius 2 is 1.94 bits per heavy atom. The van der Waals surface area contributed by atoms with Gasteiger partial charge in [0, 0.05) is 12.6 Å². The van der Waals surface area contributed by atoms with E-state index in [4.69, 9.17) is 5.11 Å². The predicted octanol–water partition coefficient (Wildman–Crippen LogP) is 2.04. The van der Waals surface area contributed by atoms with E-state index in [-0.39, 0.29) is 0 Å².